The monoisotopic (exact) mass is 264 g/mol. The zero-order chi connectivity index (χ0) is 13.9. The first kappa shape index (κ1) is 13.8. The van der Waals surface area contributed by atoms with Crippen LogP contribution < -0.4 is 11.1 Å². The molecule has 1 aromatic rings. The largest absolute Gasteiger partial charge is 0.398 e. The highest BCUT2D eigenvalue weighted by molar-refractivity contribution is 5.99. The number of nitrogens with one attached hydrogen (secondary N) is 1. The first-order valence-electron chi connectivity index (χ1n) is 6.34. The molecule has 0 saturated carbocycles. The fraction of sp³-hybridized carbons (Fsp3) is 0.500. The zero-order valence-electron chi connectivity index (χ0n) is 11.4. The van der Waals surface area contributed by atoms with Crippen LogP contribution in [0.4, 0.5) is 5.69 Å². The molecule has 0 aromatic heterocycles. The highest BCUT2D eigenvalue weighted by Crippen LogP contribution is 2.22. The molecule has 1 fully saturated rings. The Balaban J connectivity index is 2.03. The van der Waals surface area contributed by atoms with Gasteiger partial charge in [0.05, 0.1) is 12.2 Å². The first-order chi connectivity index (χ1) is 9.08. The summed E-state index contributed by atoms with van der Waals surface area (Å²) in [7, 11) is 1.64. The lowest BCUT2D eigenvalue weighted by atomic mass is 10.0. The van der Waals surface area contributed by atoms with Crippen molar-refractivity contribution in [1.29, 1.82) is 0 Å². The lowest BCUT2D eigenvalue weighted by Crippen LogP contribution is -2.45. The number of ether oxygens (including phenoxy) is 2. The number of hydrogen-bond donors (Lipinski definition) is 2. The van der Waals surface area contributed by atoms with Crippen LogP contribution in [0, 0.1) is 6.92 Å². The number of aryl methyl sites for hydroxylation is 1. The van der Waals surface area contributed by atoms with Gasteiger partial charge in [-0.2, -0.15) is 0 Å². The van der Waals surface area contributed by atoms with Gasteiger partial charge in [-0.15, -0.1) is 0 Å². The van der Waals surface area contributed by atoms with Crippen molar-refractivity contribution in [2.24, 2.45) is 0 Å². The van der Waals surface area contributed by atoms with Crippen LogP contribution in [0.5, 0.6) is 0 Å². The number of anilines is 1. The quantitative estimate of drug-likeness (QED) is 0.799. The summed E-state index contributed by atoms with van der Waals surface area (Å²) < 4.78 is 10.8. The third-order valence-electron chi connectivity index (χ3n) is 3.64. The summed E-state index contributed by atoms with van der Waals surface area (Å²) in [6, 6.07) is 5.43. The van der Waals surface area contributed by atoms with Crippen molar-refractivity contribution in [3.05, 3.63) is 29.3 Å². The van der Waals surface area contributed by atoms with Gasteiger partial charge in [0.1, 0.15) is 5.60 Å². The molecule has 1 amide bonds. The van der Waals surface area contributed by atoms with Crippen LogP contribution in [0.1, 0.15) is 22.3 Å². The fourth-order valence-corrected chi connectivity index (χ4v) is 2.18. The standard InChI is InChI=1S/C14H20N2O3/c1-10-4-3-5-11(12(10)15)13(17)16-8-14(18-2)6-7-19-9-14/h3-5H,6-9,15H2,1-2H3,(H,16,17). The molecule has 1 aromatic carbocycles. The average Bonchev–Trinajstić information content (AvgIpc) is 2.89. The van der Waals surface area contributed by atoms with Crippen LogP contribution in [0.15, 0.2) is 18.2 Å². The molecule has 1 atom stereocenters. The number of para-hydroxylation sites is 1. The Labute approximate surface area is 113 Å². The van der Waals surface area contributed by atoms with Crippen LogP contribution in [-0.4, -0.2) is 38.4 Å². The smallest absolute Gasteiger partial charge is 0.253 e. The predicted octanol–water partition coefficient (Wildman–Crippen LogP) is 1.11. The maximum Gasteiger partial charge on any atom is 0.253 e. The van der Waals surface area contributed by atoms with Crippen molar-refractivity contribution >= 4 is 11.6 Å². The van der Waals surface area contributed by atoms with Crippen LogP contribution in [-0.2, 0) is 9.47 Å². The summed E-state index contributed by atoms with van der Waals surface area (Å²) in [5.74, 6) is -0.176. The molecule has 1 heterocycles. The predicted molar refractivity (Wildman–Crippen MR) is 73.1 cm³/mol. The van der Waals surface area contributed by atoms with Crippen LogP contribution in [0.25, 0.3) is 0 Å². The molecule has 3 N–H and O–H groups in total. The summed E-state index contributed by atoms with van der Waals surface area (Å²) in [5, 5.41) is 2.88. The van der Waals surface area contributed by atoms with Crippen LogP contribution in [0.3, 0.4) is 0 Å². The van der Waals surface area contributed by atoms with E-state index >= 15 is 0 Å². The van der Waals surface area contributed by atoms with E-state index in [0.29, 0.717) is 31.0 Å². The van der Waals surface area contributed by atoms with E-state index < -0.39 is 5.60 Å². The minimum atomic E-state index is -0.408. The second kappa shape index (κ2) is 5.59. The van der Waals surface area contributed by atoms with E-state index in [4.69, 9.17) is 15.2 Å². The Hall–Kier alpha value is -1.59. The van der Waals surface area contributed by atoms with E-state index in [2.05, 4.69) is 5.32 Å². The number of carbonyl (C=O) groups is 1. The van der Waals surface area contributed by atoms with E-state index in [1.165, 1.54) is 0 Å². The van der Waals surface area contributed by atoms with Gasteiger partial charge in [-0.1, -0.05) is 12.1 Å². The normalized spacial score (nSPS) is 22.4. The molecule has 0 aliphatic carbocycles. The van der Waals surface area contributed by atoms with Crippen molar-refractivity contribution in [2.45, 2.75) is 18.9 Å². The molecule has 5 nitrogen and oxygen atoms in total. The van der Waals surface area contributed by atoms with Crippen molar-refractivity contribution in [3.8, 4) is 0 Å². The van der Waals surface area contributed by atoms with Gasteiger partial charge in [0.15, 0.2) is 0 Å². The first-order valence-corrected chi connectivity index (χ1v) is 6.34. The average molecular weight is 264 g/mol. The minimum Gasteiger partial charge on any atom is -0.398 e. The van der Waals surface area contributed by atoms with Gasteiger partial charge in [0, 0.05) is 32.4 Å². The number of hydrogen-bond acceptors (Lipinski definition) is 4. The Morgan fingerprint density at radius 3 is 3.00 bits per heavy atom. The molecule has 2 rings (SSSR count). The Morgan fingerprint density at radius 1 is 1.58 bits per heavy atom. The molecule has 0 radical (unpaired) electrons. The summed E-state index contributed by atoms with van der Waals surface area (Å²) >= 11 is 0. The summed E-state index contributed by atoms with van der Waals surface area (Å²) in [6.07, 6.45) is 0.785. The number of amides is 1. The SMILES string of the molecule is COC1(CNC(=O)c2cccc(C)c2N)CCOC1. The van der Waals surface area contributed by atoms with Crippen LogP contribution in [0.2, 0.25) is 0 Å². The van der Waals surface area contributed by atoms with Crippen molar-refractivity contribution in [2.75, 3.05) is 32.6 Å². The maximum atomic E-state index is 12.1. The summed E-state index contributed by atoms with van der Waals surface area (Å²) in [5.41, 5.74) is 7.44. The maximum absolute atomic E-state index is 12.1. The molecule has 1 aliphatic heterocycles. The lowest BCUT2D eigenvalue weighted by molar-refractivity contribution is -0.0148. The number of benzene rings is 1. The van der Waals surface area contributed by atoms with E-state index in [1.54, 1.807) is 13.2 Å². The van der Waals surface area contributed by atoms with Crippen molar-refractivity contribution < 1.29 is 14.3 Å². The fourth-order valence-electron chi connectivity index (χ4n) is 2.18. The molecule has 1 aliphatic rings. The minimum absolute atomic E-state index is 0.176. The number of methoxy groups -OCH3 is 1. The molecule has 5 heteroatoms. The van der Waals surface area contributed by atoms with E-state index in [1.807, 2.05) is 19.1 Å². The molecule has 0 bridgehead atoms. The molecule has 1 saturated heterocycles. The Bertz CT molecular complexity index is 468. The summed E-state index contributed by atoms with van der Waals surface area (Å²) in [6.45, 7) is 3.48. The molecule has 104 valence electrons. The third kappa shape index (κ3) is 2.88. The number of nitrogen functional groups attached to an aromatic ring is 1. The second-order valence-electron chi connectivity index (χ2n) is 4.91. The topological polar surface area (TPSA) is 73.6 Å². The van der Waals surface area contributed by atoms with Gasteiger partial charge in [0.25, 0.3) is 5.91 Å². The third-order valence-corrected chi connectivity index (χ3v) is 3.64. The molecular formula is C14H20N2O3. The van der Waals surface area contributed by atoms with Gasteiger partial charge in [0.2, 0.25) is 0 Å². The molecule has 19 heavy (non-hydrogen) atoms. The van der Waals surface area contributed by atoms with Crippen LogP contribution >= 0.6 is 0 Å². The zero-order valence-corrected chi connectivity index (χ0v) is 11.4. The van der Waals surface area contributed by atoms with Crippen molar-refractivity contribution in [3.63, 3.8) is 0 Å². The Morgan fingerprint density at radius 2 is 2.37 bits per heavy atom. The molecular weight excluding hydrogens is 244 g/mol. The van der Waals surface area contributed by atoms with Gasteiger partial charge >= 0.3 is 0 Å². The van der Waals surface area contributed by atoms with E-state index in [0.717, 1.165) is 12.0 Å². The van der Waals surface area contributed by atoms with Gasteiger partial charge < -0.3 is 20.5 Å². The number of nitrogens with two attached hydrogens (primary N) is 1. The number of rotatable bonds is 4. The summed E-state index contributed by atoms with van der Waals surface area (Å²) in [4.78, 5) is 12.1. The number of carbonyl (C=O) groups excluding carboxylic acids is 1. The molecule has 0 spiro atoms. The van der Waals surface area contributed by atoms with Gasteiger partial charge in [-0.3, -0.25) is 4.79 Å². The second-order valence-corrected chi connectivity index (χ2v) is 4.91. The van der Waals surface area contributed by atoms with Gasteiger partial charge in [-0.05, 0) is 18.6 Å². The molecule has 1 unspecified atom stereocenters. The van der Waals surface area contributed by atoms with E-state index in [-0.39, 0.29) is 5.91 Å². The van der Waals surface area contributed by atoms with Crippen molar-refractivity contribution in [1.82, 2.24) is 5.32 Å². The van der Waals surface area contributed by atoms with Gasteiger partial charge in [-0.25, -0.2) is 0 Å². The van der Waals surface area contributed by atoms with E-state index in [9.17, 15) is 4.79 Å². The lowest BCUT2D eigenvalue weighted by Gasteiger charge is -2.26. The highest BCUT2D eigenvalue weighted by Gasteiger charge is 2.35. The highest BCUT2D eigenvalue weighted by atomic mass is 16.5. The Kier molecular flexibility index (Phi) is 4.07.